The second kappa shape index (κ2) is 9.18. The monoisotopic (exact) mass is 344 g/mol. The molecule has 104 valence electrons. The normalized spacial score (nSPS) is 11.9. The quantitative estimate of drug-likeness (QED) is 0.237. The maximum atomic E-state index is 11.2. The standard InChI is InChI=1S/C14H17BrO3S/c1-11(2)14(16)18-10-13(15)17-8-9-19-12-6-4-3-5-7-12/h3-7,13H,1,8-10H2,2H3. The van der Waals surface area contributed by atoms with E-state index in [9.17, 15) is 4.79 Å². The van der Waals surface area contributed by atoms with Gasteiger partial charge in [0.25, 0.3) is 0 Å². The molecule has 3 nitrogen and oxygen atoms in total. The van der Waals surface area contributed by atoms with Crippen LogP contribution in [0.1, 0.15) is 6.92 Å². The molecule has 1 rings (SSSR count). The van der Waals surface area contributed by atoms with Crippen molar-refractivity contribution in [3.8, 4) is 0 Å². The lowest BCUT2D eigenvalue weighted by Gasteiger charge is -2.11. The average Bonchev–Trinajstić information content (AvgIpc) is 2.42. The smallest absolute Gasteiger partial charge is 0.333 e. The lowest BCUT2D eigenvalue weighted by molar-refractivity contribution is -0.140. The van der Waals surface area contributed by atoms with Crippen molar-refractivity contribution in [3.05, 3.63) is 42.5 Å². The minimum atomic E-state index is -0.397. The van der Waals surface area contributed by atoms with Crippen LogP contribution < -0.4 is 0 Å². The van der Waals surface area contributed by atoms with Crippen LogP contribution in [0.25, 0.3) is 0 Å². The topological polar surface area (TPSA) is 35.5 Å². The van der Waals surface area contributed by atoms with E-state index in [1.165, 1.54) is 4.90 Å². The molecule has 0 saturated carbocycles. The number of hydrogen-bond acceptors (Lipinski definition) is 4. The Kier molecular flexibility index (Phi) is 7.86. The first-order valence-corrected chi connectivity index (χ1v) is 7.76. The number of hydrogen-bond donors (Lipinski definition) is 0. The number of rotatable bonds is 8. The van der Waals surface area contributed by atoms with E-state index in [2.05, 4.69) is 34.6 Å². The van der Waals surface area contributed by atoms with Crippen LogP contribution in [0.15, 0.2) is 47.4 Å². The van der Waals surface area contributed by atoms with Gasteiger partial charge in [-0.05, 0) is 19.1 Å². The predicted octanol–water partition coefficient (Wildman–Crippen LogP) is 3.64. The maximum absolute atomic E-state index is 11.2. The second-order valence-electron chi connectivity index (χ2n) is 3.82. The fourth-order valence-electron chi connectivity index (χ4n) is 1.16. The van der Waals surface area contributed by atoms with E-state index in [1.807, 2.05) is 18.2 Å². The van der Waals surface area contributed by atoms with Crippen molar-refractivity contribution in [1.82, 2.24) is 0 Å². The molecule has 0 fully saturated rings. The molecule has 0 aliphatic heterocycles. The van der Waals surface area contributed by atoms with Crippen LogP contribution in [0.3, 0.4) is 0 Å². The zero-order valence-electron chi connectivity index (χ0n) is 10.8. The Morgan fingerprint density at radius 1 is 1.42 bits per heavy atom. The number of alkyl halides is 1. The van der Waals surface area contributed by atoms with Crippen LogP contribution in [0.2, 0.25) is 0 Å². The van der Waals surface area contributed by atoms with Crippen molar-refractivity contribution in [1.29, 1.82) is 0 Å². The molecular weight excluding hydrogens is 328 g/mol. The Balaban J connectivity index is 2.09. The molecule has 0 aromatic heterocycles. The predicted molar refractivity (Wildman–Crippen MR) is 81.6 cm³/mol. The summed E-state index contributed by atoms with van der Waals surface area (Å²) in [6, 6.07) is 10.1. The Labute approximate surface area is 126 Å². The highest BCUT2D eigenvalue weighted by molar-refractivity contribution is 9.09. The molecule has 0 aliphatic rings. The molecule has 0 spiro atoms. The molecule has 1 aromatic carbocycles. The van der Waals surface area contributed by atoms with Crippen molar-refractivity contribution >= 4 is 33.7 Å². The zero-order chi connectivity index (χ0) is 14.1. The van der Waals surface area contributed by atoms with Crippen LogP contribution in [-0.2, 0) is 14.3 Å². The molecule has 0 heterocycles. The maximum Gasteiger partial charge on any atom is 0.333 e. The van der Waals surface area contributed by atoms with Crippen molar-refractivity contribution in [2.75, 3.05) is 19.0 Å². The van der Waals surface area contributed by atoms with Gasteiger partial charge in [-0.3, -0.25) is 0 Å². The van der Waals surface area contributed by atoms with E-state index >= 15 is 0 Å². The molecule has 1 unspecified atom stereocenters. The summed E-state index contributed by atoms with van der Waals surface area (Å²) in [5.74, 6) is 0.451. The number of halogens is 1. The SMILES string of the molecule is C=C(C)C(=O)OCC(Br)OCCSc1ccccc1. The molecule has 0 N–H and O–H groups in total. The number of carbonyl (C=O) groups is 1. The molecule has 5 heteroatoms. The van der Waals surface area contributed by atoms with Crippen molar-refractivity contribution < 1.29 is 14.3 Å². The van der Waals surface area contributed by atoms with E-state index in [1.54, 1.807) is 18.7 Å². The number of thioether (sulfide) groups is 1. The summed E-state index contributed by atoms with van der Waals surface area (Å²) in [6.45, 7) is 5.89. The van der Waals surface area contributed by atoms with Gasteiger partial charge in [0.1, 0.15) is 11.6 Å². The van der Waals surface area contributed by atoms with Crippen LogP contribution in [0, 0.1) is 0 Å². The van der Waals surface area contributed by atoms with Gasteiger partial charge in [0.15, 0.2) is 0 Å². The van der Waals surface area contributed by atoms with Crippen LogP contribution in [0.4, 0.5) is 0 Å². The Morgan fingerprint density at radius 3 is 2.74 bits per heavy atom. The van der Waals surface area contributed by atoms with Gasteiger partial charge in [-0.15, -0.1) is 11.8 Å². The molecule has 0 aliphatic carbocycles. The van der Waals surface area contributed by atoms with Gasteiger partial charge in [-0.2, -0.15) is 0 Å². The zero-order valence-corrected chi connectivity index (χ0v) is 13.2. The van der Waals surface area contributed by atoms with E-state index < -0.39 is 5.97 Å². The van der Waals surface area contributed by atoms with Gasteiger partial charge in [-0.25, -0.2) is 4.79 Å². The molecular formula is C14H17BrO3S. The Bertz CT molecular complexity index is 408. The minimum Gasteiger partial charge on any atom is -0.459 e. The highest BCUT2D eigenvalue weighted by atomic mass is 79.9. The minimum absolute atomic E-state index is 0.182. The Hall–Kier alpha value is -0.780. The third kappa shape index (κ3) is 7.40. The molecule has 1 aromatic rings. The molecule has 1 atom stereocenters. The van der Waals surface area contributed by atoms with E-state index in [4.69, 9.17) is 9.47 Å². The molecule has 0 saturated heterocycles. The van der Waals surface area contributed by atoms with Crippen LogP contribution in [-0.4, -0.2) is 29.9 Å². The van der Waals surface area contributed by atoms with Crippen LogP contribution >= 0.6 is 27.7 Å². The largest absolute Gasteiger partial charge is 0.459 e. The van der Waals surface area contributed by atoms with Crippen molar-refractivity contribution in [2.24, 2.45) is 0 Å². The lowest BCUT2D eigenvalue weighted by atomic mass is 10.4. The fourth-order valence-corrected chi connectivity index (χ4v) is 2.25. The summed E-state index contributed by atoms with van der Waals surface area (Å²) in [7, 11) is 0. The fraction of sp³-hybridized carbons (Fsp3) is 0.357. The number of benzene rings is 1. The van der Waals surface area contributed by atoms with Gasteiger partial charge in [-0.1, -0.05) is 40.7 Å². The first-order chi connectivity index (χ1) is 9.09. The third-order valence-corrected chi connectivity index (χ3v) is 3.59. The van der Waals surface area contributed by atoms with E-state index in [-0.39, 0.29) is 11.6 Å². The molecule has 0 radical (unpaired) electrons. The Morgan fingerprint density at radius 2 is 2.11 bits per heavy atom. The highest BCUT2D eigenvalue weighted by Crippen LogP contribution is 2.17. The van der Waals surface area contributed by atoms with Gasteiger partial charge in [0.05, 0.1) is 6.61 Å². The van der Waals surface area contributed by atoms with Crippen LogP contribution in [0.5, 0.6) is 0 Å². The highest BCUT2D eigenvalue weighted by Gasteiger charge is 2.09. The van der Waals surface area contributed by atoms with E-state index in [0.29, 0.717) is 12.2 Å². The summed E-state index contributed by atoms with van der Waals surface area (Å²) >= 11 is 5.03. The first kappa shape index (κ1) is 16.3. The average molecular weight is 345 g/mol. The second-order valence-corrected chi connectivity index (χ2v) is 6.01. The van der Waals surface area contributed by atoms with Crippen molar-refractivity contribution in [3.63, 3.8) is 0 Å². The van der Waals surface area contributed by atoms with Crippen molar-refractivity contribution in [2.45, 2.75) is 16.8 Å². The van der Waals surface area contributed by atoms with Gasteiger partial charge in [0.2, 0.25) is 0 Å². The van der Waals surface area contributed by atoms with Gasteiger partial charge >= 0.3 is 5.97 Å². The molecule has 19 heavy (non-hydrogen) atoms. The number of carbonyl (C=O) groups excluding carboxylic acids is 1. The molecule has 0 amide bonds. The summed E-state index contributed by atoms with van der Waals surface area (Å²) in [6.07, 6.45) is 0. The number of ether oxygens (including phenoxy) is 2. The third-order valence-electron chi connectivity index (χ3n) is 2.09. The van der Waals surface area contributed by atoms with Gasteiger partial charge < -0.3 is 9.47 Å². The summed E-state index contributed by atoms with van der Waals surface area (Å²) in [5.41, 5.74) is 0.388. The summed E-state index contributed by atoms with van der Waals surface area (Å²) in [4.78, 5) is 12.4. The van der Waals surface area contributed by atoms with E-state index in [0.717, 1.165) is 5.75 Å². The lowest BCUT2D eigenvalue weighted by Crippen LogP contribution is -2.18. The summed E-state index contributed by atoms with van der Waals surface area (Å²) < 4.78 is 10.4. The number of esters is 1. The first-order valence-electron chi connectivity index (χ1n) is 5.85. The molecule has 0 bridgehead atoms. The summed E-state index contributed by atoms with van der Waals surface area (Å²) in [5, 5.41) is -0.285. The van der Waals surface area contributed by atoms with Gasteiger partial charge in [0, 0.05) is 16.2 Å².